The maximum atomic E-state index is 4.23. The Morgan fingerprint density at radius 2 is 2.29 bits per heavy atom. The monoisotopic (exact) mass is 236 g/mol. The number of piperidine rings is 1. The minimum atomic E-state index is 0.676. The van der Waals surface area contributed by atoms with E-state index in [2.05, 4.69) is 34.7 Å². The van der Waals surface area contributed by atoms with Crippen LogP contribution in [0.4, 0.5) is 0 Å². The molecule has 0 aromatic carbocycles. The molecule has 1 saturated heterocycles. The molecule has 0 unspecified atom stereocenters. The van der Waals surface area contributed by atoms with Gasteiger partial charge in [-0.2, -0.15) is 5.10 Å². The van der Waals surface area contributed by atoms with Crippen molar-refractivity contribution >= 4 is 0 Å². The van der Waals surface area contributed by atoms with E-state index in [0.29, 0.717) is 6.04 Å². The Kier molecular flexibility index (Phi) is 4.57. The summed E-state index contributed by atoms with van der Waals surface area (Å²) in [5.41, 5.74) is 3.78. The Bertz CT molecular complexity index is 320. The van der Waals surface area contributed by atoms with Crippen LogP contribution in [-0.4, -0.2) is 35.9 Å². The SMILES string of the molecule is Cc1n[nH]c(C)c1CCCN[C@H]1CCCNC1. The van der Waals surface area contributed by atoms with Crippen molar-refractivity contribution in [2.75, 3.05) is 19.6 Å². The van der Waals surface area contributed by atoms with E-state index in [1.807, 2.05) is 0 Å². The van der Waals surface area contributed by atoms with Crippen LogP contribution < -0.4 is 10.6 Å². The van der Waals surface area contributed by atoms with Gasteiger partial charge in [0.2, 0.25) is 0 Å². The number of H-pyrrole nitrogens is 1. The first-order chi connectivity index (χ1) is 8.27. The normalized spacial score (nSPS) is 20.7. The summed E-state index contributed by atoms with van der Waals surface area (Å²) in [4.78, 5) is 0. The van der Waals surface area contributed by atoms with Crippen molar-refractivity contribution in [3.63, 3.8) is 0 Å². The van der Waals surface area contributed by atoms with Gasteiger partial charge < -0.3 is 10.6 Å². The molecule has 1 fully saturated rings. The highest BCUT2D eigenvalue weighted by molar-refractivity contribution is 5.23. The van der Waals surface area contributed by atoms with Gasteiger partial charge >= 0.3 is 0 Å². The molecular weight excluding hydrogens is 212 g/mol. The Morgan fingerprint density at radius 3 is 2.94 bits per heavy atom. The summed E-state index contributed by atoms with van der Waals surface area (Å²) in [6, 6.07) is 0.676. The zero-order chi connectivity index (χ0) is 12.1. The summed E-state index contributed by atoms with van der Waals surface area (Å²) in [6.07, 6.45) is 4.94. The van der Waals surface area contributed by atoms with Gasteiger partial charge in [-0.15, -0.1) is 0 Å². The molecule has 2 heterocycles. The smallest absolute Gasteiger partial charge is 0.0625 e. The van der Waals surface area contributed by atoms with Crippen molar-refractivity contribution in [2.45, 2.75) is 45.6 Å². The van der Waals surface area contributed by atoms with E-state index in [4.69, 9.17) is 0 Å². The number of nitrogens with zero attached hydrogens (tertiary/aromatic N) is 1. The van der Waals surface area contributed by atoms with Crippen LogP contribution in [0.5, 0.6) is 0 Å². The van der Waals surface area contributed by atoms with Gasteiger partial charge in [0.25, 0.3) is 0 Å². The van der Waals surface area contributed by atoms with Crippen LogP contribution in [0.25, 0.3) is 0 Å². The molecule has 3 N–H and O–H groups in total. The number of hydrogen-bond acceptors (Lipinski definition) is 3. The molecule has 0 spiro atoms. The van der Waals surface area contributed by atoms with Gasteiger partial charge in [-0.05, 0) is 58.2 Å². The lowest BCUT2D eigenvalue weighted by atomic mass is 10.1. The third-order valence-electron chi connectivity index (χ3n) is 3.61. The van der Waals surface area contributed by atoms with Gasteiger partial charge in [0.1, 0.15) is 0 Å². The molecular formula is C13H24N4. The molecule has 1 atom stereocenters. The number of rotatable bonds is 5. The van der Waals surface area contributed by atoms with Crippen molar-refractivity contribution in [1.82, 2.24) is 20.8 Å². The van der Waals surface area contributed by atoms with Gasteiger partial charge in [0.05, 0.1) is 5.69 Å². The van der Waals surface area contributed by atoms with E-state index in [9.17, 15) is 0 Å². The Labute approximate surface area is 104 Å². The van der Waals surface area contributed by atoms with Crippen LogP contribution in [-0.2, 0) is 6.42 Å². The van der Waals surface area contributed by atoms with Crippen LogP contribution in [0.1, 0.15) is 36.2 Å². The third-order valence-corrected chi connectivity index (χ3v) is 3.61. The zero-order valence-corrected chi connectivity index (χ0v) is 11.0. The lowest BCUT2D eigenvalue weighted by molar-refractivity contribution is 0.388. The minimum Gasteiger partial charge on any atom is -0.315 e. The summed E-state index contributed by atoms with van der Waals surface area (Å²) in [6.45, 7) is 7.61. The second kappa shape index (κ2) is 6.17. The van der Waals surface area contributed by atoms with Crippen LogP contribution in [0.2, 0.25) is 0 Å². The summed E-state index contributed by atoms with van der Waals surface area (Å²) in [5, 5.41) is 14.3. The Hall–Kier alpha value is -0.870. The van der Waals surface area contributed by atoms with Crippen LogP contribution in [0, 0.1) is 13.8 Å². The van der Waals surface area contributed by atoms with E-state index in [0.717, 1.165) is 25.2 Å². The molecule has 1 aromatic rings. The van der Waals surface area contributed by atoms with E-state index in [1.165, 1.54) is 37.1 Å². The van der Waals surface area contributed by atoms with E-state index < -0.39 is 0 Å². The molecule has 0 bridgehead atoms. The predicted molar refractivity (Wildman–Crippen MR) is 70.3 cm³/mol. The number of hydrogen-bond donors (Lipinski definition) is 3. The van der Waals surface area contributed by atoms with Crippen molar-refractivity contribution in [2.24, 2.45) is 0 Å². The fourth-order valence-corrected chi connectivity index (χ4v) is 2.54. The van der Waals surface area contributed by atoms with Crippen molar-refractivity contribution in [3.8, 4) is 0 Å². The fourth-order valence-electron chi connectivity index (χ4n) is 2.54. The molecule has 2 rings (SSSR count). The average Bonchev–Trinajstić information content (AvgIpc) is 2.67. The topological polar surface area (TPSA) is 52.7 Å². The van der Waals surface area contributed by atoms with Gasteiger partial charge in [-0.25, -0.2) is 0 Å². The van der Waals surface area contributed by atoms with Gasteiger partial charge in [-0.1, -0.05) is 0 Å². The van der Waals surface area contributed by atoms with Crippen molar-refractivity contribution in [3.05, 3.63) is 17.0 Å². The highest BCUT2D eigenvalue weighted by Gasteiger charge is 2.11. The number of aromatic amines is 1. The first-order valence-electron chi connectivity index (χ1n) is 6.72. The lowest BCUT2D eigenvalue weighted by Crippen LogP contribution is -2.43. The molecule has 96 valence electrons. The minimum absolute atomic E-state index is 0.676. The number of aryl methyl sites for hydroxylation is 2. The summed E-state index contributed by atoms with van der Waals surface area (Å²) in [5.74, 6) is 0. The van der Waals surface area contributed by atoms with Crippen molar-refractivity contribution in [1.29, 1.82) is 0 Å². The molecule has 0 radical (unpaired) electrons. The van der Waals surface area contributed by atoms with Crippen LogP contribution >= 0.6 is 0 Å². The van der Waals surface area contributed by atoms with E-state index >= 15 is 0 Å². The Morgan fingerprint density at radius 1 is 1.41 bits per heavy atom. The maximum Gasteiger partial charge on any atom is 0.0625 e. The zero-order valence-electron chi connectivity index (χ0n) is 11.0. The second-order valence-corrected chi connectivity index (χ2v) is 5.01. The summed E-state index contributed by atoms with van der Waals surface area (Å²) < 4.78 is 0. The van der Waals surface area contributed by atoms with Crippen LogP contribution in [0.15, 0.2) is 0 Å². The fraction of sp³-hybridized carbons (Fsp3) is 0.769. The molecule has 1 aliphatic heterocycles. The lowest BCUT2D eigenvalue weighted by Gasteiger charge is -2.23. The molecule has 1 aromatic heterocycles. The highest BCUT2D eigenvalue weighted by Crippen LogP contribution is 2.11. The first-order valence-corrected chi connectivity index (χ1v) is 6.72. The quantitative estimate of drug-likeness (QED) is 0.676. The van der Waals surface area contributed by atoms with E-state index in [-0.39, 0.29) is 0 Å². The maximum absolute atomic E-state index is 4.23. The summed E-state index contributed by atoms with van der Waals surface area (Å²) in [7, 11) is 0. The van der Waals surface area contributed by atoms with Gasteiger partial charge in [-0.3, -0.25) is 5.10 Å². The van der Waals surface area contributed by atoms with E-state index in [1.54, 1.807) is 0 Å². The van der Waals surface area contributed by atoms with Gasteiger partial charge in [0, 0.05) is 18.3 Å². The predicted octanol–water partition coefficient (Wildman–Crippen LogP) is 1.30. The number of nitrogens with one attached hydrogen (secondary N) is 3. The molecule has 4 heteroatoms. The molecule has 4 nitrogen and oxygen atoms in total. The third kappa shape index (κ3) is 3.54. The molecule has 1 aliphatic rings. The number of aromatic nitrogens is 2. The second-order valence-electron chi connectivity index (χ2n) is 5.01. The van der Waals surface area contributed by atoms with Gasteiger partial charge in [0.15, 0.2) is 0 Å². The standard InChI is InChI=1S/C13H24N4/c1-10-13(11(2)17-16-10)6-4-8-15-12-5-3-7-14-9-12/h12,14-15H,3-9H2,1-2H3,(H,16,17)/t12-/m0/s1. The molecule has 0 aliphatic carbocycles. The molecule has 17 heavy (non-hydrogen) atoms. The molecule has 0 saturated carbocycles. The largest absolute Gasteiger partial charge is 0.315 e. The van der Waals surface area contributed by atoms with Crippen LogP contribution in [0.3, 0.4) is 0 Å². The molecule has 0 amide bonds. The van der Waals surface area contributed by atoms with Crippen molar-refractivity contribution < 1.29 is 0 Å². The summed E-state index contributed by atoms with van der Waals surface area (Å²) >= 11 is 0. The Balaban J connectivity index is 1.66. The highest BCUT2D eigenvalue weighted by atomic mass is 15.1. The average molecular weight is 236 g/mol. The first kappa shape index (κ1) is 12.6.